The molecule has 0 bridgehead atoms. The maximum atomic E-state index is 5.04. The fourth-order valence-corrected chi connectivity index (χ4v) is 8.22. The molecule has 3 heterocycles. The zero-order chi connectivity index (χ0) is 44.9. The summed E-state index contributed by atoms with van der Waals surface area (Å²) in [6.07, 6.45) is 0. The highest BCUT2D eigenvalue weighted by atomic mass is 15.0. The van der Waals surface area contributed by atoms with Gasteiger partial charge in [0.25, 0.3) is 0 Å². The summed E-state index contributed by atoms with van der Waals surface area (Å²) in [6, 6.07) is 78.6. The van der Waals surface area contributed by atoms with Gasteiger partial charge in [0, 0.05) is 44.6 Å². The molecule has 0 aliphatic heterocycles. The third kappa shape index (κ3) is 8.77. The highest BCUT2D eigenvalue weighted by Gasteiger charge is 2.17. The van der Waals surface area contributed by atoms with Crippen LogP contribution in [0.1, 0.15) is 5.69 Å². The monoisotopic (exact) mass is 859 g/mol. The van der Waals surface area contributed by atoms with Gasteiger partial charge >= 0.3 is 0 Å². The number of rotatable bonds is 10. The molecule has 67 heavy (non-hydrogen) atoms. The zero-order valence-electron chi connectivity index (χ0n) is 36.6. The second-order valence-electron chi connectivity index (χ2n) is 16.2. The van der Waals surface area contributed by atoms with Crippen molar-refractivity contribution in [3.05, 3.63) is 236 Å². The molecule has 0 aliphatic rings. The first kappa shape index (κ1) is 40.7. The minimum Gasteiger partial charge on any atom is -0.253 e. The lowest BCUT2D eigenvalue weighted by Gasteiger charge is -2.14. The van der Waals surface area contributed by atoms with Crippen LogP contribution in [0.2, 0.25) is 0 Å². The lowest BCUT2D eigenvalue weighted by molar-refractivity contribution is 1.07. The summed E-state index contributed by atoms with van der Waals surface area (Å²) in [6.45, 7) is 2.03. The standard InChI is InChI=1S/C60H41N7/c1-40-15-14-24-54(61-40)53-39-51(43-27-33-49(34-28-43)58-63-55(45-18-8-3-9-19-45)62-56(64-58)46-20-10-4-11-21-46)37-38-52(53)44-29-35-50(36-30-44)60-66-57(47-22-12-5-13-23-47)65-59(67-60)48-31-25-42(26-32-48)41-16-6-2-7-17-41/h2-39H,1H3. The molecular formula is C60H41N7. The molecule has 0 N–H and O–H groups in total. The molecule has 7 heteroatoms. The second-order valence-corrected chi connectivity index (χ2v) is 16.2. The van der Waals surface area contributed by atoms with Gasteiger partial charge in [0.2, 0.25) is 0 Å². The Morgan fingerprint density at radius 1 is 0.209 bits per heavy atom. The highest BCUT2D eigenvalue weighted by molar-refractivity contribution is 5.87. The van der Waals surface area contributed by atoms with Gasteiger partial charge in [0.05, 0.1) is 5.69 Å². The van der Waals surface area contributed by atoms with Gasteiger partial charge in [-0.2, -0.15) is 0 Å². The Hall–Kier alpha value is -9.07. The number of nitrogens with zero attached hydrogens (tertiary/aromatic N) is 7. The molecule has 3 aromatic heterocycles. The Balaban J connectivity index is 0.932. The topological polar surface area (TPSA) is 90.2 Å². The molecule has 0 spiro atoms. The van der Waals surface area contributed by atoms with E-state index >= 15 is 0 Å². The third-order valence-corrected chi connectivity index (χ3v) is 11.7. The molecule has 0 aliphatic carbocycles. The lowest BCUT2D eigenvalue weighted by Crippen LogP contribution is -2.00. The molecule has 11 aromatic rings. The summed E-state index contributed by atoms with van der Waals surface area (Å²) in [5.74, 6) is 3.72. The molecule has 8 aromatic carbocycles. The number of benzene rings is 8. The molecule has 0 fully saturated rings. The fourth-order valence-electron chi connectivity index (χ4n) is 8.22. The van der Waals surface area contributed by atoms with Crippen LogP contribution in [0.5, 0.6) is 0 Å². The van der Waals surface area contributed by atoms with Crippen LogP contribution in [-0.2, 0) is 0 Å². The van der Waals surface area contributed by atoms with Gasteiger partial charge in [-0.05, 0) is 58.5 Å². The van der Waals surface area contributed by atoms with Crippen LogP contribution in [-0.4, -0.2) is 34.9 Å². The quantitative estimate of drug-likeness (QED) is 0.135. The van der Waals surface area contributed by atoms with E-state index in [0.29, 0.717) is 34.9 Å². The summed E-state index contributed by atoms with van der Waals surface area (Å²) < 4.78 is 0. The normalized spacial score (nSPS) is 11.1. The fraction of sp³-hybridized carbons (Fsp3) is 0.0167. The predicted octanol–water partition coefficient (Wildman–Crippen LogP) is 14.4. The molecule has 0 saturated carbocycles. The molecule has 0 unspecified atom stereocenters. The van der Waals surface area contributed by atoms with Gasteiger partial charge in [0.1, 0.15) is 0 Å². The average molecular weight is 860 g/mol. The van der Waals surface area contributed by atoms with Gasteiger partial charge in [-0.1, -0.05) is 212 Å². The van der Waals surface area contributed by atoms with Crippen molar-refractivity contribution in [2.24, 2.45) is 0 Å². The summed E-state index contributed by atoms with van der Waals surface area (Å²) >= 11 is 0. The van der Waals surface area contributed by atoms with Crippen molar-refractivity contribution in [1.82, 2.24) is 34.9 Å². The Morgan fingerprint density at radius 3 is 0.896 bits per heavy atom. The van der Waals surface area contributed by atoms with E-state index < -0.39 is 0 Å². The first-order valence-electron chi connectivity index (χ1n) is 22.2. The Bertz CT molecular complexity index is 3420. The molecule has 0 radical (unpaired) electrons. The first-order valence-corrected chi connectivity index (χ1v) is 22.2. The van der Waals surface area contributed by atoms with Gasteiger partial charge < -0.3 is 0 Å². The van der Waals surface area contributed by atoms with Crippen molar-refractivity contribution in [2.45, 2.75) is 6.92 Å². The van der Waals surface area contributed by atoms with Crippen LogP contribution in [0, 0.1) is 6.92 Å². The van der Waals surface area contributed by atoms with Crippen molar-refractivity contribution in [2.75, 3.05) is 0 Å². The Labute approximate surface area is 389 Å². The van der Waals surface area contributed by atoms with Crippen LogP contribution in [0.25, 0.3) is 113 Å². The smallest absolute Gasteiger partial charge is 0.164 e. The Morgan fingerprint density at radius 2 is 0.507 bits per heavy atom. The van der Waals surface area contributed by atoms with Crippen LogP contribution in [0.3, 0.4) is 0 Å². The average Bonchev–Trinajstić information content (AvgIpc) is 3.41. The summed E-state index contributed by atoms with van der Waals surface area (Å²) in [4.78, 5) is 34.8. The van der Waals surface area contributed by atoms with Crippen LogP contribution in [0.15, 0.2) is 231 Å². The molecule has 0 atom stereocenters. The van der Waals surface area contributed by atoms with Crippen molar-refractivity contribution in [1.29, 1.82) is 0 Å². The van der Waals surface area contributed by atoms with E-state index in [1.165, 1.54) is 0 Å². The summed E-state index contributed by atoms with van der Waals surface area (Å²) in [5, 5.41) is 0. The van der Waals surface area contributed by atoms with E-state index in [4.69, 9.17) is 34.9 Å². The van der Waals surface area contributed by atoms with Crippen molar-refractivity contribution in [3.63, 3.8) is 0 Å². The van der Waals surface area contributed by atoms with Crippen LogP contribution < -0.4 is 0 Å². The number of hydrogen-bond acceptors (Lipinski definition) is 7. The minimum atomic E-state index is 0.603. The van der Waals surface area contributed by atoms with Crippen molar-refractivity contribution < 1.29 is 0 Å². The Kier molecular flexibility index (Phi) is 11.1. The molecular weight excluding hydrogens is 819 g/mol. The number of aryl methyl sites for hydroxylation is 1. The van der Waals surface area contributed by atoms with E-state index in [1.807, 2.05) is 110 Å². The second kappa shape index (κ2) is 18.2. The molecule has 0 saturated heterocycles. The number of aromatic nitrogens is 7. The first-order chi connectivity index (χ1) is 33.1. The van der Waals surface area contributed by atoms with Gasteiger partial charge in [-0.15, -0.1) is 0 Å². The van der Waals surface area contributed by atoms with E-state index in [2.05, 4.69) is 127 Å². The molecule has 316 valence electrons. The maximum absolute atomic E-state index is 5.04. The van der Waals surface area contributed by atoms with Crippen molar-refractivity contribution in [3.8, 4) is 113 Å². The largest absolute Gasteiger partial charge is 0.253 e. The van der Waals surface area contributed by atoms with E-state index in [9.17, 15) is 0 Å². The van der Waals surface area contributed by atoms with Gasteiger partial charge in [-0.25, -0.2) is 29.9 Å². The van der Waals surface area contributed by atoms with Crippen molar-refractivity contribution >= 4 is 0 Å². The van der Waals surface area contributed by atoms with Crippen LogP contribution >= 0.6 is 0 Å². The summed E-state index contributed by atoms with van der Waals surface area (Å²) in [7, 11) is 0. The van der Waals surface area contributed by atoms with Crippen LogP contribution in [0.4, 0.5) is 0 Å². The highest BCUT2D eigenvalue weighted by Crippen LogP contribution is 2.37. The van der Waals surface area contributed by atoms with Gasteiger partial charge in [0.15, 0.2) is 34.9 Å². The summed E-state index contributed by atoms with van der Waals surface area (Å²) in [5.41, 5.74) is 14.9. The predicted molar refractivity (Wildman–Crippen MR) is 270 cm³/mol. The molecule has 11 rings (SSSR count). The van der Waals surface area contributed by atoms with Gasteiger partial charge in [-0.3, -0.25) is 4.98 Å². The lowest BCUT2D eigenvalue weighted by atomic mass is 9.92. The number of hydrogen-bond donors (Lipinski definition) is 0. The van der Waals surface area contributed by atoms with E-state index in [0.717, 1.165) is 83.7 Å². The van der Waals surface area contributed by atoms with E-state index in [1.54, 1.807) is 0 Å². The van der Waals surface area contributed by atoms with E-state index in [-0.39, 0.29) is 0 Å². The SMILES string of the molecule is Cc1cccc(-c2cc(-c3ccc(-c4nc(-c5ccccc5)nc(-c5ccccc5)n4)cc3)ccc2-c2ccc(-c3nc(-c4ccccc4)nc(-c4ccc(-c5ccccc5)cc4)n3)cc2)n1. The third-order valence-electron chi connectivity index (χ3n) is 11.7. The minimum absolute atomic E-state index is 0.603. The number of pyridine rings is 1. The zero-order valence-corrected chi connectivity index (χ0v) is 36.6. The molecule has 7 nitrogen and oxygen atoms in total. The molecule has 0 amide bonds. The maximum Gasteiger partial charge on any atom is 0.164 e.